The van der Waals surface area contributed by atoms with Crippen LogP contribution in [-0.4, -0.2) is 56.6 Å². The Bertz CT molecular complexity index is 1460. The molecule has 11 heteroatoms. The Morgan fingerprint density at radius 3 is 2.20 bits per heavy atom. The zero-order valence-electron chi connectivity index (χ0n) is 23.7. The third-order valence-corrected chi connectivity index (χ3v) is 8.01. The van der Waals surface area contributed by atoms with Crippen molar-refractivity contribution >= 4 is 55.1 Å². The monoisotopic (exact) mass is 663 g/mol. The van der Waals surface area contributed by atoms with E-state index < -0.39 is 34.1 Å². The Kier molecular flexibility index (Phi) is 10.9. The molecule has 0 heterocycles. The van der Waals surface area contributed by atoms with E-state index >= 15 is 0 Å². The first-order chi connectivity index (χ1) is 19.2. The molecule has 0 saturated heterocycles. The second-order valence-corrected chi connectivity index (χ2v) is 13.9. The fourth-order valence-electron chi connectivity index (χ4n) is 4.25. The highest BCUT2D eigenvalue weighted by Crippen LogP contribution is 2.33. The van der Waals surface area contributed by atoms with Gasteiger partial charge in [0.25, 0.3) is 0 Å². The number of nitrogens with zero attached hydrogens (tertiary/aromatic N) is 2. The van der Waals surface area contributed by atoms with Crippen molar-refractivity contribution in [1.82, 2.24) is 10.2 Å². The molecule has 1 N–H and O–H groups in total. The van der Waals surface area contributed by atoms with Crippen LogP contribution < -0.4 is 14.4 Å². The number of sulfonamides is 1. The van der Waals surface area contributed by atoms with Crippen LogP contribution in [0.5, 0.6) is 5.75 Å². The summed E-state index contributed by atoms with van der Waals surface area (Å²) < 4.78 is 33.2. The van der Waals surface area contributed by atoms with Gasteiger partial charge in [-0.25, -0.2) is 8.42 Å². The van der Waals surface area contributed by atoms with Crippen molar-refractivity contribution in [2.45, 2.75) is 45.3 Å². The van der Waals surface area contributed by atoms with Gasteiger partial charge in [0.2, 0.25) is 21.8 Å². The molecule has 2 amide bonds. The quantitative estimate of drug-likeness (QED) is 0.295. The van der Waals surface area contributed by atoms with Gasteiger partial charge in [-0.2, -0.15) is 0 Å². The molecule has 220 valence electrons. The van der Waals surface area contributed by atoms with Crippen LogP contribution in [0, 0.1) is 0 Å². The van der Waals surface area contributed by atoms with Gasteiger partial charge in [-0.3, -0.25) is 13.9 Å². The van der Waals surface area contributed by atoms with Gasteiger partial charge in [0, 0.05) is 28.0 Å². The molecule has 0 aromatic heterocycles. The lowest BCUT2D eigenvalue weighted by Crippen LogP contribution is -2.56. The number of rotatable bonds is 11. The fraction of sp³-hybridized carbons (Fsp3) is 0.333. The Morgan fingerprint density at radius 2 is 1.63 bits per heavy atom. The zero-order chi connectivity index (χ0) is 30.4. The van der Waals surface area contributed by atoms with E-state index in [-0.39, 0.29) is 35.3 Å². The highest BCUT2D eigenvalue weighted by Gasteiger charge is 2.35. The number of ether oxygens (including phenoxy) is 1. The minimum absolute atomic E-state index is 0.0749. The molecule has 0 bridgehead atoms. The smallest absolute Gasteiger partial charge is 0.244 e. The SMILES string of the molecule is COc1ccc(Cl)cc1N(CC(=O)N(Cc1ccc(Br)cc1)[C@H](Cc1ccccc1)C(=O)NC(C)(C)C)S(C)(=O)=O. The Morgan fingerprint density at radius 1 is 1.00 bits per heavy atom. The van der Waals surface area contributed by atoms with Gasteiger partial charge in [-0.15, -0.1) is 0 Å². The molecule has 3 aromatic rings. The van der Waals surface area contributed by atoms with E-state index in [1.54, 1.807) is 6.07 Å². The van der Waals surface area contributed by atoms with E-state index in [9.17, 15) is 18.0 Å². The summed E-state index contributed by atoms with van der Waals surface area (Å²) in [6, 6.07) is 20.4. The van der Waals surface area contributed by atoms with E-state index in [1.807, 2.05) is 75.4 Å². The van der Waals surface area contributed by atoms with E-state index in [2.05, 4.69) is 21.2 Å². The second kappa shape index (κ2) is 13.7. The van der Waals surface area contributed by atoms with Crippen LogP contribution >= 0.6 is 27.5 Å². The van der Waals surface area contributed by atoms with Crippen LogP contribution in [0.3, 0.4) is 0 Å². The van der Waals surface area contributed by atoms with Crippen molar-refractivity contribution < 1.29 is 22.7 Å². The topological polar surface area (TPSA) is 96.0 Å². The van der Waals surface area contributed by atoms with Crippen molar-refractivity contribution in [2.75, 3.05) is 24.2 Å². The number of amides is 2. The fourth-order valence-corrected chi connectivity index (χ4v) is 5.52. The number of carbonyl (C=O) groups is 2. The third-order valence-electron chi connectivity index (χ3n) is 6.12. The molecule has 3 aromatic carbocycles. The minimum atomic E-state index is -3.97. The number of methoxy groups -OCH3 is 1. The normalized spacial score (nSPS) is 12.4. The maximum absolute atomic E-state index is 14.2. The van der Waals surface area contributed by atoms with Gasteiger partial charge in [-0.05, 0) is 62.2 Å². The average molecular weight is 665 g/mol. The molecule has 0 aliphatic rings. The van der Waals surface area contributed by atoms with Crippen LogP contribution in [0.2, 0.25) is 5.02 Å². The van der Waals surface area contributed by atoms with Gasteiger partial charge in [0.05, 0.1) is 19.1 Å². The predicted octanol–water partition coefficient (Wildman–Crippen LogP) is 5.43. The summed E-state index contributed by atoms with van der Waals surface area (Å²) in [6.07, 6.45) is 1.23. The van der Waals surface area contributed by atoms with Gasteiger partial charge in [0.15, 0.2) is 0 Å². The Labute approximate surface area is 255 Å². The summed E-state index contributed by atoms with van der Waals surface area (Å²) in [5.74, 6) is -0.679. The summed E-state index contributed by atoms with van der Waals surface area (Å²) in [6.45, 7) is 5.10. The van der Waals surface area contributed by atoms with Crippen molar-refractivity contribution in [2.24, 2.45) is 0 Å². The highest BCUT2D eigenvalue weighted by molar-refractivity contribution is 9.10. The number of anilines is 1. The summed E-state index contributed by atoms with van der Waals surface area (Å²) >= 11 is 9.63. The van der Waals surface area contributed by atoms with Crippen LogP contribution in [0.25, 0.3) is 0 Å². The zero-order valence-corrected chi connectivity index (χ0v) is 26.9. The first-order valence-corrected chi connectivity index (χ1v) is 15.9. The van der Waals surface area contributed by atoms with E-state index in [0.717, 1.165) is 26.2 Å². The number of hydrogen-bond acceptors (Lipinski definition) is 5. The molecule has 8 nitrogen and oxygen atoms in total. The molecule has 0 radical (unpaired) electrons. The number of carbonyl (C=O) groups excluding carboxylic acids is 2. The molecule has 1 atom stereocenters. The van der Waals surface area contributed by atoms with Gasteiger partial charge >= 0.3 is 0 Å². The lowest BCUT2D eigenvalue weighted by molar-refractivity contribution is -0.140. The first kappa shape index (κ1) is 32.4. The number of nitrogens with one attached hydrogen (secondary N) is 1. The molecule has 0 saturated carbocycles. The highest BCUT2D eigenvalue weighted by atomic mass is 79.9. The largest absolute Gasteiger partial charge is 0.495 e. The van der Waals surface area contributed by atoms with Crippen molar-refractivity contribution in [3.63, 3.8) is 0 Å². The Hall–Kier alpha value is -3.08. The van der Waals surface area contributed by atoms with Crippen LogP contribution in [0.15, 0.2) is 77.3 Å². The van der Waals surface area contributed by atoms with E-state index in [4.69, 9.17) is 16.3 Å². The van der Waals surface area contributed by atoms with Gasteiger partial charge in [-0.1, -0.05) is 70.0 Å². The van der Waals surface area contributed by atoms with Crippen molar-refractivity contribution in [3.8, 4) is 5.75 Å². The summed E-state index contributed by atoms with van der Waals surface area (Å²) in [7, 11) is -2.56. The lowest BCUT2D eigenvalue weighted by atomic mass is 10.0. The molecule has 0 aliphatic carbocycles. The summed E-state index contributed by atoms with van der Waals surface area (Å²) in [5, 5.41) is 3.28. The molecule has 41 heavy (non-hydrogen) atoms. The van der Waals surface area contributed by atoms with Crippen molar-refractivity contribution in [1.29, 1.82) is 0 Å². The lowest BCUT2D eigenvalue weighted by Gasteiger charge is -2.35. The summed E-state index contributed by atoms with van der Waals surface area (Å²) in [5.41, 5.74) is 1.19. The maximum Gasteiger partial charge on any atom is 0.244 e. The van der Waals surface area contributed by atoms with Crippen molar-refractivity contribution in [3.05, 3.63) is 93.4 Å². The van der Waals surface area contributed by atoms with Crippen LogP contribution in [-0.2, 0) is 32.6 Å². The number of halogens is 2. The number of hydrogen-bond donors (Lipinski definition) is 1. The maximum atomic E-state index is 14.2. The minimum Gasteiger partial charge on any atom is -0.495 e. The molecule has 0 aliphatic heterocycles. The molecule has 0 unspecified atom stereocenters. The van der Waals surface area contributed by atoms with E-state index in [1.165, 1.54) is 24.1 Å². The molecular weight excluding hydrogens is 630 g/mol. The molecule has 0 spiro atoms. The molecule has 3 rings (SSSR count). The van der Waals surface area contributed by atoms with E-state index in [0.29, 0.717) is 0 Å². The van der Waals surface area contributed by atoms with Gasteiger partial charge in [0.1, 0.15) is 18.3 Å². The third kappa shape index (κ3) is 9.48. The first-order valence-electron chi connectivity index (χ1n) is 12.9. The van der Waals surface area contributed by atoms with Crippen LogP contribution in [0.1, 0.15) is 31.9 Å². The average Bonchev–Trinajstić information content (AvgIpc) is 2.89. The van der Waals surface area contributed by atoms with Crippen LogP contribution in [0.4, 0.5) is 5.69 Å². The molecular formula is C30H35BrClN3O5S. The Balaban J connectivity index is 2.11. The standard InChI is InChI=1S/C30H35BrClN3O5S/c1-30(2,3)33-29(37)26(17-21-9-7-6-8-10-21)34(19-22-11-13-23(31)14-12-22)28(36)20-35(41(5,38)39)25-18-24(32)15-16-27(25)40-4/h6-16,18,26H,17,19-20H2,1-5H3,(H,33,37)/t26-/m1/s1. The predicted molar refractivity (Wildman–Crippen MR) is 167 cm³/mol. The number of benzene rings is 3. The van der Waals surface area contributed by atoms with Gasteiger partial charge < -0.3 is 15.0 Å². The summed E-state index contributed by atoms with van der Waals surface area (Å²) in [4.78, 5) is 29.4. The second-order valence-electron chi connectivity index (χ2n) is 10.7. The molecule has 0 fully saturated rings.